The lowest BCUT2D eigenvalue weighted by Gasteiger charge is -2.20. The van der Waals surface area contributed by atoms with Crippen molar-refractivity contribution in [3.8, 4) is 0 Å². The summed E-state index contributed by atoms with van der Waals surface area (Å²) in [5.74, 6) is -0.693. The number of nitrogens with zero attached hydrogens (tertiary/aromatic N) is 1. The van der Waals surface area contributed by atoms with Gasteiger partial charge in [-0.2, -0.15) is 0 Å². The summed E-state index contributed by atoms with van der Waals surface area (Å²) in [6.45, 7) is 1.38. The van der Waals surface area contributed by atoms with E-state index in [9.17, 15) is 8.78 Å². The van der Waals surface area contributed by atoms with E-state index in [1.165, 1.54) is 6.07 Å². The molecular weight excluding hydrogens is 246 g/mol. The molecular formula is C12H15ClF2N2. The van der Waals surface area contributed by atoms with Crippen molar-refractivity contribution in [1.29, 1.82) is 0 Å². The molecule has 1 aliphatic rings. The first kappa shape index (κ1) is 12.7. The van der Waals surface area contributed by atoms with E-state index in [1.807, 2.05) is 11.9 Å². The number of hydrogen-bond acceptors (Lipinski definition) is 2. The molecule has 0 spiro atoms. The van der Waals surface area contributed by atoms with Crippen molar-refractivity contribution < 1.29 is 8.78 Å². The molecule has 94 valence electrons. The molecule has 1 aliphatic heterocycles. The van der Waals surface area contributed by atoms with Gasteiger partial charge in [0.15, 0.2) is 0 Å². The van der Waals surface area contributed by atoms with E-state index in [0.29, 0.717) is 18.0 Å². The Labute approximate surface area is 104 Å². The molecule has 2 unspecified atom stereocenters. The van der Waals surface area contributed by atoms with Gasteiger partial charge in [0.05, 0.1) is 5.02 Å². The van der Waals surface area contributed by atoms with E-state index in [2.05, 4.69) is 0 Å². The quantitative estimate of drug-likeness (QED) is 0.828. The van der Waals surface area contributed by atoms with Crippen LogP contribution in [0, 0.1) is 17.6 Å². The molecule has 0 bridgehead atoms. The van der Waals surface area contributed by atoms with Gasteiger partial charge in [-0.1, -0.05) is 11.6 Å². The molecule has 5 heteroatoms. The van der Waals surface area contributed by atoms with Gasteiger partial charge in [0, 0.05) is 18.2 Å². The van der Waals surface area contributed by atoms with Gasteiger partial charge in [-0.05, 0) is 38.1 Å². The van der Waals surface area contributed by atoms with Crippen LogP contribution in [-0.2, 0) is 0 Å². The van der Waals surface area contributed by atoms with E-state index in [1.54, 1.807) is 0 Å². The Morgan fingerprint density at radius 1 is 1.41 bits per heavy atom. The molecule has 2 N–H and O–H groups in total. The maximum Gasteiger partial charge on any atom is 0.142 e. The monoisotopic (exact) mass is 260 g/mol. The summed E-state index contributed by atoms with van der Waals surface area (Å²) in [6.07, 6.45) is 0.755. The second kappa shape index (κ2) is 4.88. The zero-order valence-electron chi connectivity index (χ0n) is 9.59. The fraction of sp³-hybridized carbons (Fsp3) is 0.500. The van der Waals surface area contributed by atoms with Crippen LogP contribution in [-0.4, -0.2) is 25.0 Å². The lowest BCUT2D eigenvalue weighted by Crippen LogP contribution is -2.21. The summed E-state index contributed by atoms with van der Waals surface area (Å²) in [7, 11) is 1.90. The third-order valence-electron chi connectivity index (χ3n) is 3.37. The van der Waals surface area contributed by atoms with Gasteiger partial charge < -0.3 is 5.73 Å². The summed E-state index contributed by atoms with van der Waals surface area (Å²) < 4.78 is 27.2. The number of nitrogens with two attached hydrogens (primary N) is 1. The van der Waals surface area contributed by atoms with Gasteiger partial charge in [-0.15, -0.1) is 0 Å². The van der Waals surface area contributed by atoms with Crippen LogP contribution in [0.15, 0.2) is 12.1 Å². The van der Waals surface area contributed by atoms with Crippen LogP contribution in [0.3, 0.4) is 0 Å². The van der Waals surface area contributed by atoms with Gasteiger partial charge >= 0.3 is 0 Å². The summed E-state index contributed by atoms with van der Waals surface area (Å²) in [5.41, 5.74) is 5.98. The molecule has 17 heavy (non-hydrogen) atoms. The Hall–Kier alpha value is -0.710. The average Bonchev–Trinajstić information content (AvgIpc) is 2.65. The fourth-order valence-corrected chi connectivity index (χ4v) is 2.58. The van der Waals surface area contributed by atoms with Crippen LogP contribution in [0.2, 0.25) is 5.02 Å². The third-order valence-corrected chi connectivity index (χ3v) is 3.66. The molecule has 0 saturated carbocycles. The highest BCUT2D eigenvalue weighted by atomic mass is 35.5. The number of halogens is 3. The minimum absolute atomic E-state index is 0.115. The molecule has 2 nitrogen and oxygen atoms in total. The SMILES string of the molecule is CN1CC(CN)CC1c1cc(F)c(Cl)cc1F. The van der Waals surface area contributed by atoms with Crippen LogP contribution in [0.25, 0.3) is 0 Å². The molecule has 0 aromatic heterocycles. The van der Waals surface area contributed by atoms with Crippen molar-refractivity contribution >= 4 is 11.6 Å². The van der Waals surface area contributed by atoms with E-state index < -0.39 is 11.6 Å². The Morgan fingerprint density at radius 3 is 2.71 bits per heavy atom. The van der Waals surface area contributed by atoms with Crippen molar-refractivity contribution in [3.05, 3.63) is 34.4 Å². The first-order valence-electron chi connectivity index (χ1n) is 5.57. The van der Waals surface area contributed by atoms with Crippen LogP contribution in [0.5, 0.6) is 0 Å². The lowest BCUT2D eigenvalue weighted by atomic mass is 9.99. The Balaban J connectivity index is 2.31. The Morgan fingerprint density at radius 2 is 2.12 bits per heavy atom. The number of hydrogen-bond donors (Lipinski definition) is 1. The molecule has 1 aromatic rings. The zero-order valence-corrected chi connectivity index (χ0v) is 10.3. The van der Waals surface area contributed by atoms with Gasteiger partial charge in [-0.3, -0.25) is 4.90 Å². The van der Waals surface area contributed by atoms with Crippen LogP contribution in [0.4, 0.5) is 8.78 Å². The molecule has 0 amide bonds. The standard InChI is InChI=1S/C12H15ClF2N2/c1-17-6-7(5-16)2-12(17)8-3-11(15)9(13)4-10(8)14/h3-4,7,12H,2,5-6,16H2,1H3. The molecule has 1 fully saturated rings. The summed E-state index contributed by atoms with van der Waals surface area (Å²) in [4.78, 5) is 2.00. The van der Waals surface area contributed by atoms with E-state index in [4.69, 9.17) is 17.3 Å². The van der Waals surface area contributed by atoms with Crippen LogP contribution >= 0.6 is 11.6 Å². The molecule has 0 radical (unpaired) electrons. The minimum atomic E-state index is -0.576. The number of rotatable bonds is 2. The molecule has 1 aromatic carbocycles. The second-order valence-corrected chi connectivity index (χ2v) is 4.99. The number of benzene rings is 1. The van der Waals surface area contributed by atoms with Crippen molar-refractivity contribution in [1.82, 2.24) is 4.90 Å². The highest BCUT2D eigenvalue weighted by Gasteiger charge is 2.31. The van der Waals surface area contributed by atoms with Crippen molar-refractivity contribution in [2.45, 2.75) is 12.5 Å². The largest absolute Gasteiger partial charge is 0.330 e. The van der Waals surface area contributed by atoms with Crippen LogP contribution in [0.1, 0.15) is 18.0 Å². The molecule has 0 aliphatic carbocycles. The minimum Gasteiger partial charge on any atom is -0.330 e. The van der Waals surface area contributed by atoms with E-state index in [0.717, 1.165) is 19.0 Å². The van der Waals surface area contributed by atoms with Crippen molar-refractivity contribution in [2.75, 3.05) is 20.1 Å². The van der Waals surface area contributed by atoms with Gasteiger partial charge in [0.2, 0.25) is 0 Å². The second-order valence-electron chi connectivity index (χ2n) is 4.58. The van der Waals surface area contributed by atoms with E-state index in [-0.39, 0.29) is 11.1 Å². The third kappa shape index (κ3) is 2.44. The smallest absolute Gasteiger partial charge is 0.142 e. The topological polar surface area (TPSA) is 29.3 Å². The fourth-order valence-electron chi connectivity index (χ4n) is 2.43. The first-order valence-corrected chi connectivity index (χ1v) is 5.95. The van der Waals surface area contributed by atoms with Crippen molar-refractivity contribution in [3.63, 3.8) is 0 Å². The average molecular weight is 261 g/mol. The molecule has 2 rings (SSSR count). The summed E-state index contributed by atoms with van der Waals surface area (Å²) in [6, 6.07) is 2.11. The van der Waals surface area contributed by atoms with Gasteiger partial charge in [0.25, 0.3) is 0 Å². The summed E-state index contributed by atoms with van der Waals surface area (Å²) >= 11 is 5.54. The maximum atomic E-state index is 13.8. The highest BCUT2D eigenvalue weighted by Crippen LogP contribution is 2.36. The zero-order chi connectivity index (χ0) is 12.6. The maximum absolute atomic E-state index is 13.8. The molecule has 2 atom stereocenters. The molecule has 1 saturated heterocycles. The normalized spacial score (nSPS) is 25.5. The van der Waals surface area contributed by atoms with Gasteiger partial charge in [-0.25, -0.2) is 8.78 Å². The lowest BCUT2D eigenvalue weighted by molar-refractivity contribution is 0.306. The predicted octanol–water partition coefficient (Wildman–Crippen LogP) is 2.57. The Kier molecular flexibility index (Phi) is 3.66. The van der Waals surface area contributed by atoms with Crippen molar-refractivity contribution in [2.24, 2.45) is 11.7 Å². The predicted molar refractivity (Wildman–Crippen MR) is 63.9 cm³/mol. The highest BCUT2D eigenvalue weighted by molar-refractivity contribution is 6.30. The Bertz CT molecular complexity index is 425. The number of likely N-dealkylation sites (tertiary alicyclic amines) is 1. The molecule has 1 heterocycles. The van der Waals surface area contributed by atoms with E-state index >= 15 is 0 Å². The van der Waals surface area contributed by atoms with Gasteiger partial charge in [0.1, 0.15) is 11.6 Å². The van der Waals surface area contributed by atoms with Crippen LogP contribution < -0.4 is 5.73 Å². The summed E-state index contributed by atoms with van der Waals surface area (Å²) in [5, 5.41) is -0.178. The first-order chi connectivity index (χ1) is 8.02.